The Morgan fingerprint density at radius 3 is 2.70 bits per heavy atom. The highest BCUT2D eigenvalue weighted by Gasteiger charge is 2.41. The molecule has 0 aromatic carbocycles. The second-order valence-corrected chi connectivity index (χ2v) is 10.4. The molecule has 0 bridgehead atoms. The van der Waals surface area contributed by atoms with Crippen molar-refractivity contribution < 1.29 is 24.5 Å². The minimum absolute atomic E-state index is 0.00646. The fourth-order valence-corrected chi connectivity index (χ4v) is 5.53. The van der Waals surface area contributed by atoms with E-state index in [1.165, 1.54) is 5.57 Å². The van der Waals surface area contributed by atoms with Gasteiger partial charge in [-0.3, -0.25) is 4.79 Å². The molecule has 2 N–H and O–H groups in total. The predicted octanol–water partition coefficient (Wildman–Crippen LogP) is 4.17. The quantitative estimate of drug-likeness (QED) is 0.576. The lowest BCUT2D eigenvalue weighted by Gasteiger charge is -2.44. The summed E-state index contributed by atoms with van der Waals surface area (Å²) in [6.07, 6.45) is 10.3. The molecule has 170 valence electrons. The van der Waals surface area contributed by atoms with Gasteiger partial charge in [-0.15, -0.1) is 0 Å². The Morgan fingerprint density at radius 2 is 2.00 bits per heavy atom. The highest BCUT2D eigenvalue weighted by Crippen LogP contribution is 2.44. The number of cyclic esters (lactones) is 1. The van der Waals surface area contributed by atoms with Crippen LogP contribution < -0.4 is 0 Å². The number of ether oxygens (including phenoxy) is 2. The number of fused-ring (bicyclic) bond motifs is 1. The molecule has 5 nitrogen and oxygen atoms in total. The molecule has 0 aromatic heterocycles. The Balaban J connectivity index is 1.70. The third-order valence-corrected chi connectivity index (χ3v) is 7.05. The van der Waals surface area contributed by atoms with Crippen molar-refractivity contribution in [3.8, 4) is 0 Å². The summed E-state index contributed by atoms with van der Waals surface area (Å²) in [6.45, 7) is 9.62. The van der Waals surface area contributed by atoms with Gasteiger partial charge in [-0.1, -0.05) is 52.3 Å². The summed E-state index contributed by atoms with van der Waals surface area (Å²) < 4.78 is 12.0. The van der Waals surface area contributed by atoms with Gasteiger partial charge in [0.15, 0.2) is 0 Å². The zero-order valence-electron chi connectivity index (χ0n) is 19.0. The summed E-state index contributed by atoms with van der Waals surface area (Å²) in [4.78, 5) is 11.7. The van der Waals surface area contributed by atoms with Crippen molar-refractivity contribution >= 4 is 5.97 Å². The summed E-state index contributed by atoms with van der Waals surface area (Å²) >= 11 is 0. The summed E-state index contributed by atoms with van der Waals surface area (Å²) in [5.41, 5.74) is 1.30. The molecule has 2 aliphatic carbocycles. The highest BCUT2D eigenvalue weighted by atomic mass is 16.5. The number of aliphatic hydroxyl groups is 2. The van der Waals surface area contributed by atoms with Crippen molar-refractivity contribution in [2.75, 3.05) is 6.61 Å². The molecule has 0 spiro atoms. The number of aliphatic hydroxyl groups excluding tert-OH is 2. The van der Waals surface area contributed by atoms with E-state index in [0.29, 0.717) is 31.3 Å². The number of esters is 1. The van der Waals surface area contributed by atoms with E-state index in [0.717, 1.165) is 25.7 Å². The third-order valence-electron chi connectivity index (χ3n) is 7.05. The Morgan fingerprint density at radius 1 is 1.23 bits per heavy atom. The lowest BCUT2D eigenvalue weighted by molar-refractivity contribution is -0.160. The van der Waals surface area contributed by atoms with Crippen molar-refractivity contribution in [1.29, 1.82) is 0 Å². The van der Waals surface area contributed by atoms with Crippen LogP contribution in [-0.4, -0.2) is 47.2 Å². The molecular weight excluding hydrogens is 380 g/mol. The first-order valence-electron chi connectivity index (χ1n) is 11.8. The van der Waals surface area contributed by atoms with Crippen LogP contribution in [0.3, 0.4) is 0 Å². The molecule has 1 fully saturated rings. The van der Waals surface area contributed by atoms with E-state index in [9.17, 15) is 15.0 Å². The van der Waals surface area contributed by atoms with E-state index in [2.05, 4.69) is 39.8 Å². The van der Waals surface area contributed by atoms with Crippen LogP contribution >= 0.6 is 0 Å². The van der Waals surface area contributed by atoms with Crippen LogP contribution in [0.15, 0.2) is 23.8 Å². The van der Waals surface area contributed by atoms with E-state index in [1.54, 1.807) is 0 Å². The number of carbonyl (C=O) groups excluding carboxylic acids is 1. The van der Waals surface area contributed by atoms with Crippen LogP contribution in [0.25, 0.3) is 0 Å². The zero-order chi connectivity index (χ0) is 21.9. The smallest absolute Gasteiger partial charge is 0.308 e. The summed E-state index contributed by atoms with van der Waals surface area (Å²) in [5, 5.41) is 20.3. The van der Waals surface area contributed by atoms with Crippen molar-refractivity contribution in [2.45, 2.75) is 97.1 Å². The molecule has 3 aliphatic rings. The minimum atomic E-state index is -0.586. The molecule has 0 amide bonds. The maximum absolute atomic E-state index is 11.7. The molecule has 5 heteroatoms. The van der Waals surface area contributed by atoms with Gasteiger partial charge in [0.05, 0.1) is 31.3 Å². The molecule has 1 heterocycles. The van der Waals surface area contributed by atoms with Crippen molar-refractivity contribution in [3.63, 3.8) is 0 Å². The Bertz CT molecular complexity index is 652. The molecule has 7 unspecified atom stereocenters. The van der Waals surface area contributed by atoms with Gasteiger partial charge in [-0.05, 0) is 42.1 Å². The second-order valence-electron chi connectivity index (χ2n) is 10.4. The van der Waals surface area contributed by atoms with Gasteiger partial charge in [-0.2, -0.15) is 0 Å². The molecule has 30 heavy (non-hydrogen) atoms. The van der Waals surface area contributed by atoms with E-state index in [-0.39, 0.29) is 35.9 Å². The summed E-state index contributed by atoms with van der Waals surface area (Å²) in [7, 11) is 0. The Hall–Kier alpha value is -1.17. The molecule has 0 aromatic rings. The molecule has 1 aliphatic heterocycles. The van der Waals surface area contributed by atoms with E-state index in [4.69, 9.17) is 9.47 Å². The number of allylic oxidation sites excluding steroid dienone is 2. The largest absolute Gasteiger partial charge is 0.462 e. The highest BCUT2D eigenvalue weighted by molar-refractivity contribution is 5.70. The Kier molecular flexibility index (Phi) is 7.81. The molecule has 3 rings (SSSR count). The number of rotatable bonds is 8. The predicted molar refractivity (Wildman–Crippen MR) is 117 cm³/mol. The van der Waals surface area contributed by atoms with Crippen LogP contribution in [-0.2, 0) is 14.3 Å². The first kappa shape index (κ1) is 23.5. The average Bonchev–Trinajstić information content (AvgIpc) is 2.65. The topological polar surface area (TPSA) is 76.0 Å². The van der Waals surface area contributed by atoms with Gasteiger partial charge < -0.3 is 19.7 Å². The van der Waals surface area contributed by atoms with Crippen LogP contribution in [0, 0.1) is 23.2 Å². The monoisotopic (exact) mass is 420 g/mol. The maximum Gasteiger partial charge on any atom is 0.308 e. The van der Waals surface area contributed by atoms with Crippen LogP contribution in [0.1, 0.15) is 72.6 Å². The summed E-state index contributed by atoms with van der Waals surface area (Å²) in [6, 6.07) is 0. The second kappa shape index (κ2) is 9.97. The van der Waals surface area contributed by atoms with Gasteiger partial charge in [-0.25, -0.2) is 0 Å². The van der Waals surface area contributed by atoms with Gasteiger partial charge in [0.1, 0.15) is 6.10 Å². The molecule has 7 atom stereocenters. The van der Waals surface area contributed by atoms with Gasteiger partial charge in [0, 0.05) is 18.8 Å². The normalized spacial score (nSPS) is 36.8. The van der Waals surface area contributed by atoms with Gasteiger partial charge in [0.2, 0.25) is 0 Å². The molecular formula is C25H40O5. The first-order valence-corrected chi connectivity index (χ1v) is 11.8. The summed E-state index contributed by atoms with van der Waals surface area (Å²) in [5.74, 6) is 0.707. The van der Waals surface area contributed by atoms with Crippen LogP contribution in [0.4, 0.5) is 0 Å². The van der Waals surface area contributed by atoms with Gasteiger partial charge >= 0.3 is 5.97 Å². The van der Waals surface area contributed by atoms with Crippen molar-refractivity contribution in [1.82, 2.24) is 0 Å². The fraction of sp³-hybridized carbons (Fsp3) is 0.800. The van der Waals surface area contributed by atoms with Crippen LogP contribution in [0.5, 0.6) is 0 Å². The van der Waals surface area contributed by atoms with Crippen molar-refractivity contribution in [2.24, 2.45) is 23.2 Å². The van der Waals surface area contributed by atoms with Crippen molar-refractivity contribution in [3.05, 3.63) is 23.8 Å². The zero-order valence-corrected chi connectivity index (χ0v) is 19.0. The molecule has 1 saturated heterocycles. The van der Waals surface area contributed by atoms with E-state index in [1.807, 2.05) is 6.08 Å². The molecule has 0 radical (unpaired) electrons. The minimum Gasteiger partial charge on any atom is -0.462 e. The fourth-order valence-electron chi connectivity index (χ4n) is 5.53. The van der Waals surface area contributed by atoms with Gasteiger partial charge in [0.25, 0.3) is 0 Å². The van der Waals surface area contributed by atoms with E-state index < -0.39 is 12.2 Å². The number of hydrogen-bond acceptors (Lipinski definition) is 5. The standard InChI is InChI=1S/C25H40O5/c1-5-10-25(3,4)15-29-22-13-18(26)11-17-7-6-16(2)21(24(17)22)9-8-20-12-19(27)14-23(28)30-20/h6-7,11,16,18-22,24,26-27H,5,8-10,12-15H2,1-4H3. The molecule has 0 saturated carbocycles. The number of hydrogen-bond donors (Lipinski definition) is 2. The first-order chi connectivity index (χ1) is 14.2. The van der Waals surface area contributed by atoms with E-state index >= 15 is 0 Å². The third kappa shape index (κ3) is 5.95. The maximum atomic E-state index is 11.7. The van der Waals surface area contributed by atoms with Crippen LogP contribution in [0.2, 0.25) is 0 Å². The lowest BCUT2D eigenvalue weighted by Crippen LogP contribution is -2.43. The lowest BCUT2D eigenvalue weighted by atomic mass is 9.66. The Labute approximate surface area is 181 Å². The number of carbonyl (C=O) groups is 1. The average molecular weight is 421 g/mol. The SMILES string of the molecule is CCCC(C)(C)COC1CC(O)C=C2C=CC(C)C(CCC3CC(O)CC(=O)O3)C21.